The number of rotatable bonds is 2. The van der Waals surface area contributed by atoms with E-state index in [4.69, 9.17) is 5.73 Å². The molecule has 2 aromatic heterocycles. The van der Waals surface area contributed by atoms with Crippen LogP contribution in [0.25, 0.3) is 10.2 Å². The fourth-order valence-corrected chi connectivity index (χ4v) is 4.12. The van der Waals surface area contributed by atoms with Gasteiger partial charge in [0.25, 0.3) is 5.91 Å². The van der Waals surface area contributed by atoms with Crippen LogP contribution < -0.4 is 5.73 Å². The molecule has 1 saturated heterocycles. The van der Waals surface area contributed by atoms with Gasteiger partial charge in [0.2, 0.25) is 0 Å². The number of amides is 1. The van der Waals surface area contributed by atoms with Crippen LogP contribution in [0.4, 0.5) is 5.13 Å². The van der Waals surface area contributed by atoms with E-state index in [2.05, 4.69) is 23.1 Å². The molecule has 0 saturated carbocycles. The molecule has 0 spiro atoms. The van der Waals surface area contributed by atoms with Crippen LogP contribution in [0.15, 0.2) is 24.3 Å². The number of hydrogen-bond donors (Lipinski definition) is 1. The summed E-state index contributed by atoms with van der Waals surface area (Å²) < 4.78 is 3.05. The Hall–Kier alpha value is -2.41. The van der Waals surface area contributed by atoms with Crippen molar-refractivity contribution in [2.75, 3.05) is 18.8 Å². The second-order valence-electron chi connectivity index (χ2n) is 6.30. The van der Waals surface area contributed by atoms with Gasteiger partial charge in [0, 0.05) is 24.3 Å². The summed E-state index contributed by atoms with van der Waals surface area (Å²) in [6.07, 6.45) is 0.930. The highest BCUT2D eigenvalue weighted by atomic mass is 32.1. The van der Waals surface area contributed by atoms with Gasteiger partial charge in [-0.3, -0.25) is 9.48 Å². The molecule has 2 N–H and O–H groups in total. The lowest BCUT2D eigenvalue weighted by atomic mass is 10.2. The monoisotopic (exact) mass is 341 g/mol. The number of carbonyl (C=O) groups excluding carboxylic acids is 1. The second-order valence-corrected chi connectivity index (χ2v) is 7.36. The summed E-state index contributed by atoms with van der Waals surface area (Å²) in [5.41, 5.74) is 9.36. The maximum absolute atomic E-state index is 12.8. The fourth-order valence-electron chi connectivity index (χ4n) is 3.40. The van der Waals surface area contributed by atoms with Crippen LogP contribution in [0, 0.1) is 13.8 Å². The second kappa shape index (κ2) is 5.59. The van der Waals surface area contributed by atoms with Crippen LogP contribution in [0.2, 0.25) is 0 Å². The zero-order valence-electron chi connectivity index (χ0n) is 13.7. The summed E-state index contributed by atoms with van der Waals surface area (Å²) in [6, 6.07) is 7.94. The number of benzene rings is 1. The molecule has 1 aliphatic heterocycles. The van der Waals surface area contributed by atoms with E-state index < -0.39 is 0 Å². The molecule has 1 atom stereocenters. The molecule has 6 nitrogen and oxygen atoms in total. The number of nitrogens with zero attached hydrogens (tertiary/aromatic N) is 4. The number of thiazole rings is 1. The van der Waals surface area contributed by atoms with Gasteiger partial charge in [-0.25, -0.2) is 4.98 Å². The maximum Gasteiger partial charge on any atom is 0.254 e. The molecule has 3 aromatic rings. The predicted molar refractivity (Wildman–Crippen MR) is 95.3 cm³/mol. The Morgan fingerprint density at radius 2 is 2.17 bits per heavy atom. The first-order chi connectivity index (χ1) is 11.5. The van der Waals surface area contributed by atoms with E-state index in [1.807, 2.05) is 34.7 Å². The summed E-state index contributed by atoms with van der Waals surface area (Å²) in [5, 5.41) is 5.09. The Bertz CT molecular complexity index is 928. The molecule has 124 valence electrons. The van der Waals surface area contributed by atoms with Crippen LogP contribution in [0.1, 0.15) is 34.2 Å². The lowest BCUT2D eigenvalue weighted by Gasteiger charge is -2.17. The molecule has 1 unspecified atom stereocenters. The number of aromatic nitrogens is 3. The van der Waals surface area contributed by atoms with Crippen molar-refractivity contribution in [3.05, 3.63) is 41.2 Å². The minimum Gasteiger partial charge on any atom is -0.375 e. The molecule has 24 heavy (non-hydrogen) atoms. The molecule has 1 aromatic carbocycles. The van der Waals surface area contributed by atoms with E-state index in [0.717, 1.165) is 34.6 Å². The molecule has 1 amide bonds. The van der Waals surface area contributed by atoms with Crippen molar-refractivity contribution in [3.8, 4) is 0 Å². The van der Waals surface area contributed by atoms with Gasteiger partial charge in [-0.2, -0.15) is 5.10 Å². The van der Waals surface area contributed by atoms with Gasteiger partial charge in [-0.15, -0.1) is 0 Å². The molecule has 0 radical (unpaired) electrons. The molecule has 3 heterocycles. The molecular formula is C17H19N5OS. The van der Waals surface area contributed by atoms with Gasteiger partial charge in [0.1, 0.15) is 0 Å². The minimum absolute atomic E-state index is 0.0486. The number of nitrogen functional groups attached to an aromatic ring is 1. The Morgan fingerprint density at radius 3 is 2.92 bits per heavy atom. The summed E-state index contributed by atoms with van der Waals surface area (Å²) >= 11 is 1.44. The number of hydrogen-bond acceptors (Lipinski definition) is 5. The van der Waals surface area contributed by atoms with Gasteiger partial charge in [-0.1, -0.05) is 11.3 Å². The smallest absolute Gasteiger partial charge is 0.254 e. The standard InChI is InChI=1S/C17H19N5OS/c1-10-7-11(2)22(20-10)13-5-6-21(9-13)16(23)12-3-4-15-14(8-12)19-17(18)24-15/h3-4,7-8,13H,5-6,9H2,1-2H3,(H2,18,19). The highest BCUT2D eigenvalue weighted by Crippen LogP contribution is 2.27. The Labute approximate surface area is 143 Å². The Balaban J connectivity index is 1.55. The molecular weight excluding hydrogens is 322 g/mol. The Kier molecular flexibility index (Phi) is 3.53. The number of likely N-dealkylation sites (tertiary alicyclic amines) is 1. The maximum atomic E-state index is 12.8. The summed E-state index contributed by atoms with van der Waals surface area (Å²) in [5.74, 6) is 0.0486. The number of carbonyl (C=O) groups is 1. The molecule has 1 fully saturated rings. The van der Waals surface area contributed by atoms with Gasteiger partial charge in [-0.05, 0) is 44.5 Å². The largest absolute Gasteiger partial charge is 0.375 e. The average Bonchev–Trinajstić information content (AvgIpc) is 3.23. The predicted octanol–water partition coefficient (Wildman–Crippen LogP) is 2.78. The van der Waals surface area contributed by atoms with Gasteiger partial charge in [0.05, 0.1) is 22.0 Å². The van der Waals surface area contributed by atoms with Crippen molar-refractivity contribution in [1.82, 2.24) is 19.7 Å². The van der Waals surface area contributed by atoms with Crippen molar-refractivity contribution < 1.29 is 4.79 Å². The highest BCUT2D eigenvalue weighted by Gasteiger charge is 2.29. The van der Waals surface area contributed by atoms with Gasteiger partial charge < -0.3 is 10.6 Å². The van der Waals surface area contributed by atoms with E-state index in [9.17, 15) is 4.79 Å². The Morgan fingerprint density at radius 1 is 1.33 bits per heavy atom. The number of anilines is 1. The normalized spacial score (nSPS) is 17.8. The van der Waals surface area contributed by atoms with Crippen molar-refractivity contribution >= 4 is 32.6 Å². The van der Waals surface area contributed by atoms with Crippen LogP contribution in [-0.4, -0.2) is 38.7 Å². The molecule has 4 rings (SSSR count). The molecule has 1 aliphatic rings. The van der Waals surface area contributed by atoms with Crippen LogP contribution >= 0.6 is 11.3 Å². The van der Waals surface area contributed by atoms with Gasteiger partial charge >= 0.3 is 0 Å². The number of aryl methyl sites for hydroxylation is 2. The van der Waals surface area contributed by atoms with E-state index in [0.29, 0.717) is 17.2 Å². The van der Waals surface area contributed by atoms with E-state index >= 15 is 0 Å². The zero-order valence-corrected chi connectivity index (χ0v) is 14.5. The van der Waals surface area contributed by atoms with Crippen LogP contribution in [0.5, 0.6) is 0 Å². The SMILES string of the molecule is Cc1cc(C)n(C2CCN(C(=O)c3ccc4sc(N)nc4c3)C2)n1. The first-order valence-corrected chi connectivity index (χ1v) is 8.81. The van der Waals surface area contributed by atoms with Crippen molar-refractivity contribution in [2.24, 2.45) is 0 Å². The first kappa shape index (κ1) is 15.1. The van der Waals surface area contributed by atoms with Gasteiger partial charge in [0.15, 0.2) is 5.13 Å². The summed E-state index contributed by atoms with van der Waals surface area (Å²) in [6.45, 7) is 5.50. The minimum atomic E-state index is 0.0486. The average molecular weight is 341 g/mol. The van der Waals surface area contributed by atoms with Crippen LogP contribution in [-0.2, 0) is 0 Å². The van der Waals surface area contributed by atoms with Crippen molar-refractivity contribution in [3.63, 3.8) is 0 Å². The quantitative estimate of drug-likeness (QED) is 0.777. The summed E-state index contributed by atoms with van der Waals surface area (Å²) in [7, 11) is 0. The van der Waals surface area contributed by atoms with Crippen LogP contribution in [0.3, 0.4) is 0 Å². The number of nitrogens with two attached hydrogens (primary N) is 1. The molecule has 0 bridgehead atoms. The topological polar surface area (TPSA) is 77.0 Å². The molecule has 7 heteroatoms. The lowest BCUT2D eigenvalue weighted by molar-refractivity contribution is 0.0787. The van der Waals surface area contributed by atoms with E-state index in [-0.39, 0.29) is 11.9 Å². The third kappa shape index (κ3) is 2.54. The van der Waals surface area contributed by atoms with Crippen molar-refractivity contribution in [1.29, 1.82) is 0 Å². The zero-order chi connectivity index (χ0) is 16.8. The third-order valence-electron chi connectivity index (χ3n) is 4.49. The lowest BCUT2D eigenvalue weighted by Crippen LogP contribution is -2.29. The number of fused-ring (bicyclic) bond motifs is 1. The molecule has 0 aliphatic carbocycles. The van der Waals surface area contributed by atoms with E-state index in [1.54, 1.807) is 0 Å². The fraction of sp³-hybridized carbons (Fsp3) is 0.353. The van der Waals surface area contributed by atoms with Crippen molar-refractivity contribution in [2.45, 2.75) is 26.3 Å². The summed E-state index contributed by atoms with van der Waals surface area (Å²) in [4.78, 5) is 19.0. The highest BCUT2D eigenvalue weighted by molar-refractivity contribution is 7.22. The van der Waals surface area contributed by atoms with E-state index in [1.165, 1.54) is 11.3 Å². The third-order valence-corrected chi connectivity index (χ3v) is 5.36. The first-order valence-electron chi connectivity index (χ1n) is 7.99.